The Morgan fingerprint density at radius 3 is 2.47 bits per heavy atom. The number of benzene rings is 2. The minimum atomic E-state index is -3.57. The summed E-state index contributed by atoms with van der Waals surface area (Å²) in [4.78, 5) is 13.1. The minimum Gasteiger partial charge on any atom is -0.493 e. The fraction of sp³-hybridized carbons (Fsp3) is 0.458. The summed E-state index contributed by atoms with van der Waals surface area (Å²) in [5, 5.41) is 2.84. The van der Waals surface area contributed by atoms with E-state index in [0.29, 0.717) is 23.6 Å². The van der Waals surface area contributed by atoms with Gasteiger partial charge in [0.2, 0.25) is 10.0 Å². The quantitative estimate of drug-likeness (QED) is 0.420. The van der Waals surface area contributed by atoms with Crippen LogP contribution in [0.3, 0.4) is 0 Å². The number of nitrogens with one attached hydrogen (secondary N) is 1. The van der Waals surface area contributed by atoms with Crippen LogP contribution in [0.15, 0.2) is 51.8 Å². The van der Waals surface area contributed by atoms with E-state index in [-0.39, 0.29) is 16.8 Å². The summed E-state index contributed by atoms with van der Waals surface area (Å²) in [6, 6.07) is 11.7. The van der Waals surface area contributed by atoms with E-state index in [1.54, 1.807) is 43.4 Å². The number of halogens is 1. The molecule has 1 N–H and O–H groups in total. The normalized spacial score (nSPS) is 15.0. The van der Waals surface area contributed by atoms with Crippen molar-refractivity contribution in [3.05, 3.63) is 52.5 Å². The molecule has 174 valence electrons. The van der Waals surface area contributed by atoms with Gasteiger partial charge < -0.3 is 10.1 Å². The number of anilines is 1. The van der Waals surface area contributed by atoms with Gasteiger partial charge in [-0.3, -0.25) is 4.79 Å². The second-order valence-corrected chi connectivity index (χ2v) is 11.0. The highest BCUT2D eigenvalue weighted by Crippen LogP contribution is 2.28. The molecule has 0 atom stereocenters. The molecule has 32 heavy (non-hydrogen) atoms. The van der Waals surface area contributed by atoms with Gasteiger partial charge in [-0.05, 0) is 61.7 Å². The number of rotatable bonds is 9. The Morgan fingerprint density at radius 2 is 1.81 bits per heavy atom. The summed E-state index contributed by atoms with van der Waals surface area (Å²) in [5.41, 5.74) is 0.943. The van der Waals surface area contributed by atoms with Gasteiger partial charge in [0.25, 0.3) is 5.91 Å². The summed E-state index contributed by atoms with van der Waals surface area (Å²) in [5.74, 6) is 0.209. The minimum absolute atomic E-state index is 0.0517. The maximum atomic E-state index is 13.0. The Morgan fingerprint density at radius 1 is 1.12 bits per heavy atom. The molecule has 8 heteroatoms. The monoisotopic (exact) mass is 522 g/mol. The van der Waals surface area contributed by atoms with Crippen molar-refractivity contribution in [3.8, 4) is 5.75 Å². The summed E-state index contributed by atoms with van der Waals surface area (Å²) in [6.07, 6.45) is 7.01. The standard InChI is InChI=1S/C24H31BrN2O4S/c1-3-4-16-31-23-15-10-18(25)17-22(23)24(28)26-19-11-13-21(14-12-19)32(29,30)27(2)20-8-6-5-7-9-20/h10-15,17,20H,3-9,16H2,1-2H3,(H,26,28). The molecule has 0 bridgehead atoms. The molecular formula is C24H31BrN2O4S. The fourth-order valence-electron chi connectivity index (χ4n) is 3.85. The Balaban J connectivity index is 1.72. The number of sulfonamides is 1. The van der Waals surface area contributed by atoms with Crippen molar-refractivity contribution in [1.29, 1.82) is 0 Å². The summed E-state index contributed by atoms with van der Waals surface area (Å²) in [7, 11) is -1.91. The van der Waals surface area contributed by atoms with Crippen LogP contribution in [0.4, 0.5) is 5.69 Å². The van der Waals surface area contributed by atoms with Gasteiger partial charge in [-0.1, -0.05) is 48.5 Å². The average Bonchev–Trinajstić information content (AvgIpc) is 2.80. The van der Waals surface area contributed by atoms with Crippen molar-refractivity contribution in [2.45, 2.75) is 62.8 Å². The Bertz CT molecular complexity index is 1020. The third-order valence-electron chi connectivity index (χ3n) is 5.82. The highest BCUT2D eigenvalue weighted by Gasteiger charge is 2.29. The molecule has 1 fully saturated rings. The summed E-state index contributed by atoms with van der Waals surface area (Å²) in [6.45, 7) is 2.62. The van der Waals surface area contributed by atoms with Gasteiger partial charge in [-0.25, -0.2) is 8.42 Å². The SMILES string of the molecule is CCCCOc1ccc(Br)cc1C(=O)Nc1ccc(S(=O)(=O)N(C)C2CCCCC2)cc1. The zero-order valence-corrected chi connectivity index (χ0v) is 21.0. The summed E-state index contributed by atoms with van der Waals surface area (Å²) >= 11 is 3.40. The van der Waals surface area contributed by atoms with E-state index in [9.17, 15) is 13.2 Å². The first-order chi connectivity index (χ1) is 15.3. The molecule has 2 aromatic carbocycles. The van der Waals surface area contributed by atoms with Crippen LogP contribution in [0.25, 0.3) is 0 Å². The number of nitrogens with zero attached hydrogens (tertiary/aromatic N) is 1. The first-order valence-corrected chi connectivity index (χ1v) is 13.4. The Hall–Kier alpha value is -1.90. The van der Waals surface area contributed by atoms with Crippen LogP contribution in [0.2, 0.25) is 0 Å². The van der Waals surface area contributed by atoms with Gasteiger partial charge in [0.05, 0.1) is 17.1 Å². The third-order valence-corrected chi connectivity index (χ3v) is 8.24. The lowest BCUT2D eigenvalue weighted by molar-refractivity contribution is 0.102. The lowest BCUT2D eigenvalue weighted by Gasteiger charge is -2.30. The largest absolute Gasteiger partial charge is 0.493 e. The molecule has 0 radical (unpaired) electrons. The molecule has 3 rings (SSSR count). The van der Waals surface area contributed by atoms with Gasteiger partial charge >= 0.3 is 0 Å². The molecule has 1 aliphatic carbocycles. The smallest absolute Gasteiger partial charge is 0.259 e. The zero-order valence-electron chi connectivity index (χ0n) is 18.6. The second-order valence-electron chi connectivity index (χ2n) is 8.13. The van der Waals surface area contributed by atoms with E-state index in [1.807, 2.05) is 6.07 Å². The van der Waals surface area contributed by atoms with E-state index >= 15 is 0 Å². The first-order valence-electron chi connectivity index (χ1n) is 11.1. The van der Waals surface area contributed by atoms with Crippen LogP contribution in [0.1, 0.15) is 62.2 Å². The third kappa shape index (κ3) is 6.11. The fourth-order valence-corrected chi connectivity index (χ4v) is 5.62. The number of hydrogen-bond donors (Lipinski definition) is 1. The van der Waals surface area contributed by atoms with E-state index in [2.05, 4.69) is 28.2 Å². The van der Waals surface area contributed by atoms with E-state index in [1.165, 1.54) is 10.7 Å². The van der Waals surface area contributed by atoms with E-state index in [4.69, 9.17) is 4.74 Å². The predicted molar refractivity (Wildman–Crippen MR) is 131 cm³/mol. The molecule has 0 aliphatic heterocycles. The van der Waals surface area contributed by atoms with Crippen LogP contribution in [-0.4, -0.2) is 38.3 Å². The van der Waals surface area contributed by atoms with Gasteiger partial charge in [0, 0.05) is 23.2 Å². The topological polar surface area (TPSA) is 75.7 Å². The van der Waals surface area contributed by atoms with Gasteiger partial charge in [0.1, 0.15) is 5.75 Å². The number of ether oxygens (including phenoxy) is 1. The zero-order chi connectivity index (χ0) is 23.1. The van der Waals surface area contributed by atoms with Crippen molar-refractivity contribution in [3.63, 3.8) is 0 Å². The highest BCUT2D eigenvalue weighted by atomic mass is 79.9. The molecule has 1 saturated carbocycles. The lowest BCUT2D eigenvalue weighted by Crippen LogP contribution is -2.38. The number of carbonyl (C=O) groups is 1. The molecular weight excluding hydrogens is 492 g/mol. The average molecular weight is 523 g/mol. The van der Waals surface area contributed by atoms with Crippen LogP contribution >= 0.6 is 15.9 Å². The molecule has 0 spiro atoms. The van der Waals surface area contributed by atoms with Crippen LogP contribution in [0, 0.1) is 0 Å². The highest BCUT2D eigenvalue weighted by molar-refractivity contribution is 9.10. The Kier molecular flexibility index (Phi) is 8.73. The molecule has 0 unspecified atom stereocenters. The molecule has 1 amide bonds. The van der Waals surface area contributed by atoms with Crippen molar-refractivity contribution in [2.75, 3.05) is 19.0 Å². The van der Waals surface area contributed by atoms with Crippen molar-refractivity contribution in [1.82, 2.24) is 4.31 Å². The maximum Gasteiger partial charge on any atom is 0.259 e. The van der Waals surface area contributed by atoms with E-state index in [0.717, 1.165) is 43.0 Å². The van der Waals surface area contributed by atoms with Crippen LogP contribution < -0.4 is 10.1 Å². The predicted octanol–water partition coefficient (Wildman–Crippen LogP) is 5.83. The van der Waals surface area contributed by atoms with Crippen LogP contribution in [0.5, 0.6) is 5.75 Å². The van der Waals surface area contributed by atoms with Gasteiger partial charge in [0.15, 0.2) is 0 Å². The molecule has 6 nitrogen and oxygen atoms in total. The summed E-state index contributed by atoms with van der Waals surface area (Å²) < 4.78 is 34.1. The van der Waals surface area contributed by atoms with Gasteiger partial charge in [-0.15, -0.1) is 0 Å². The molecule has 0 aromatic heterocycles. The lowest BCUT2D eigenvalue weighted by atomic mass is 9.96. The molecule has 1 aliphatic rings. The first kappa shape index (κ1) is 24.7. The molecule has 2 aromatic rings. The van der Waals surface area contributed by atoms with Crippen LogP contribution in [-0.2, 0) is 10.0 Å². The second kappa shape index (κ2) is 11.3. The van der Waals surface area contributed by atoms with Crippen molar-refractivity contribution < 1.29 is 17.9 Å². The van der Waals surface area contributed by atoms with Gasteiger partial charge in [-0.2, -0.15) is 4.31 Å². The molecule has 0 saturated heterocycles. The van der Waals surface area contributed by atoms with Crippen molar-refractivity contribution >= 4 is 37.5 Å². The number of unbranched alkanes of at least 4 members (excludes halogenated alkanes) is 1. The molecule has 0 heterocycles. The number of hydrogen-bond acceptors (Lipinski definition) is 4. The maximum absolute atomic E-state index is 13.0. The number of carbonyl (C=O) groups excluding carboxylic acids is 1. The van der Waals surface area contributed by atoms with E-state index < -0.39 is 10.0 Å². The van der Waals surface area contributed by atoms with Crippen molar-refractivity contribution in [2.24, 2.45) is 0 Å². The Labute approximate surface area is 199 Å². The number of amides is 1.